The van der Waals surface area contributed by atoms with Gasteiger partial charge >= 0.3 is 0 Å². The lowest BCUT2D eigenvalue weighted by Crippen LogP contribution is -1.78. The first kappa shape index (κ1) is 11.8. The first-order valence-corrected chi connectivity index (χ1v) is 4.42. The van der Waals surface area contributed by atoms with E-state index in [0.717, 1.165) is 5.57 Å². The lowest BCUT2D eigenvalue weighted by molar-refractivity contribution is 0.414. The Morgan fingerprint density at radius 3 is 1.92 bits per heavy atom. The molecule has 0 aliphatic heterocycles. The van der Waals surface area contributed by atoms with E-state index in [2.05, 4.69) is 0 Å². The van der Waals surface area contributed by atoms with Gasteiger partial charge < -0.3 is 5.11 Å². The van der Waals surface area contributed by atoms with E-state index in [1.54, 1.807) is 13.0 Å². The first-order valence-electron chi connectivity index (χ1n) is 4.42. The predicted octanol–water partition coefficient (Wildman–Crippen LogP) is 3.92. The molecule has 1 heteroatoms. The molecule has 0 aliphatic rings. The second kappa shape index (κ2) is 6.30. The average molecular weight is 178 g/mol. The summed E-state index contributed by atoms with van der Waals surface area (Å²) >= 11 is 0. The molecule has 72 valence electrons. The van der Waals surface area contributed by atoms with E-state index in [9.17, 15) is 0 Å². The molecule has 0 atom stereocenters. The second-order valence-electron chi connectivity index (χ2n) is 3.03. The zero-order chi connectivity index (χ0) is 10.3. The summed E-state index contributed by atoms with van der Waals surface area (Å²) in [4.78, 5) is 0. The lowest BCUT2D eigenvalue weighted by Gasteiger charge is -1.97. The summed E-state index contributed by atoms with van der Waals surface area (Å²) in [5.41, 5.74) is 2.36. The van der Waals surface area contributed by atoms with Crippen LogP contribution in [0.25, 0.3) is 0 Å². The van der Waals surface area contributed by atoms with E-state index < -0.39 is 0 Å². The van der Waals surface area contributed by atoms with E-state index in [1.807, 2.05) is 45.1 Å². The molecule has 1 nitrogen and oxygen atoms in total. The van der Waals surface area contributed by atoms with Crippen molar-refractivity contribution in [2.45, 2.75) is 27.7 Å². The molecule has 0 aromatic carbocycles. The van der Waals surface area contributed by atoms with Gasteiger partial charge in [-0.15, -0.1) is 0 Å². The van der Waals surface area contributed by atoms with Crippen molar-refractivity contribution >= 4 is 0 Å². The fourth-order valence-electron chi connectivity index (χ4n) is 0.749. The lowest BCUT2D eigenvalue weighted by atomic mass is 10.1. The summed E-state index contributed by atoms with van der Waals surface area (Å²) in [5.74, 6) is 0.332. The molecule has 1 N–H and O–H groups in total. The van der Waals surface area contributed by atoms with Crippen LogP contribution in [0, 0.1) is 0 Å². The Kier molecular flexibility index (Phi) is 5.69. The third-order valence-electron chi connectivity index (χ3n) is 1.74. The highest BCUT2D eigenvalue weighted by Gasteiger charge is 1.88. The minimum absolute atomic E-state index is 0.332. The molecule has 0 rings (SSSR count). The number of rotatable bonds is 3. The predicted molar refractivity (Wildman–Crippen MR) is 58.7 cm³/mol. The van der Waals surface area contributed by atoms with Crippen molar-refractivity contribution in [2.24, 2.45) is 0 Å². The topological polar surface area (TPSA) is 20.2 Å². The molecule has 0 fully saturated rings. The van der Waals surface area contributed by atoms with Gasteiger partial charge in [-0.05, 0) is 44.9 Å². The number of allylic oxidation sites excluding steroid dienone is 8. The second-order valence-corrected chi connectivity index (χ2v) is 3.03. The molecule has 0 bridgehead atoms. The standard InChI is InChI=1S/C12H18O/c1-5-6-7-10(2)11(3)8-9-12(4)13/h5-9,13H,1-4H3/b6-5-,10-7+,11-8+,12-9+. The van der Waals surface area contributed by atoms with Gasteiger partial charge in [-0.2, -0.15) is 0 Å². The van der Waals surface area contributed by atoms with Crippen LogP contribution in [-0.4, -0.2) is 5.11 Å². The molecule has 0 aromatic rings. The van der Waals surface area contributed by atoms with Gasteiger partial charge in [-0.1, -0.05) is 24.3 Å². The van der Waals surface area contributed by atoms with E-state index in [-0.39, 0.29) is 0 Å². The third-order valence-corrected chi connectivity index (χ3v) is 1.74. The van der Waals surface area contributed by atoms with Crippen molar-refractivity contribution in [1.82, 2.24) is 0 Å². The number of hydrogen-bond acceptors (Lipinski definition) is 1. The average Bonchev–Trinajstić information content (AvgIpc) is 2.10. The van der Waals surface area contributed by atoms with Crippen LogP contribution in [0.3, 0.4) is 0 Å². The van der Waals surface area contributed by atoms with E-state index in [4.69, 9.17) is 5.11 Å². The van der Waals surface area contributed by atoms with Crippen LogP contribution in [-0.2, 0) is 0 Å². The van der Waals surface area contributed by atoms with Crippen molar-refractivity contribution in [3.63, 3.8) is 0 Å². The van der Waals surface area contributed by atoms with Crippen molar-refractivity contribution in [1.29, 1.82) is 0 Å². The number of aliphatic hydroxyl groups is 1. The smallest absolute Gasteiger partial charge is 0.0891 e. The Labute approximate surface area is 80.8 Å². The summed E-state index contributed by atoms with van der Waals surface area (Å²) in [7, 11) is 0. The van der Waals surface area contributed by atoms with Crippen molar-refractivity contribution in [2.75, 3.05) is 0 Å². The van der Waals surface area contributed by atoms with Gasteiger partial charge in [0.1, 0.15) is 0 Å². The number of aliphatic hydroxyl groups excluding tert-OH is 1. The van der Waals surface area contributed by atoms with Gasteiger partial charge in [0.15, 0.2) is 0 Å². The fraction of sp³-hybridized carbons (Fsp3) is 0.333. The molecule has 0 saturated carbocycles. The van der Waals surface area contributed by atoms with E-state index in [0.29, 0.717) is 5.76 Å². The molecule has 0 spiro atoms. The number of hydrogen-bond donors (Lipinski definition) is 1. The van der Waals surface area contributed by atoms with Crippen molar-refractivity contribution in [3.05, 3.63) is 47.3 Å². The van der Waals surface area contributed by atoms with Gasteiger partial charge in [0.25, 0.3) is 0 Å². The molecule has 13 heavy (non-hydrogen) atoms. The summed E-state index contributed by atoms with van der Waals surface area (Å²) in [6.07, 6.45) is 9.64. The molecule has 0 aromatic heterocycles. The maximum Gasteiger partial charge on any atom is 0.0891 e. The SMILES string of the molecule is C\C=C/C=C(C)/C(C)=C/C=C(\C)O. The van der Waals surface area contributed by atoms with Gasteiger partial charge in [0.2, 0.25) is 0 Å². The summed E-state index contributed by atoms with van der Waals surface area (Å²) in [6, 6.07) is 0. The third kappa shape index (κ3) is 5.97. The van der Waals surface area contributed by atoms with E-state index >= 15 is 0 Å². The molecule has 0 saturated heterocycles. The molecule has 0 unspecified atom stereocenters. The van der Waals surface area contributed by atoms with Crippen LogP contribution in [0.2, 0.25) is 0 Å². The van der Waals surface area contributed by atoms with Crippen molar-refractivity contribution in [3.8, 4) is 0 Å². The molecular weight excluding hydrogens is 160 g/mol. The molecule has 0 amide bonds. The summed E-state index contributed by atoms with van der Waals surface area (Å²) in [6.45, 7) is 7.72. The zero-order valence-electron chi connectivity index (χ0n) is 8.83. The monoisotopic (exact) mass is 178 g/mol. The molecule has 0 heterocycles. The zero-order valence-corrected chi connectivity index (χ0v) is 8.83. The van der Waals surface area contributed by atoms with Crippen LogP contribution in [0.15, 0.2) is 47.3 Å². The Hall–Kier alpha value is -1.24. The Balaban J connectivity index is 4.50. The van der Waals surface area contributed by atoms with Crippen LogP contribution < -0.4 is 0 Å². The summed E-state index contributed by atoms with van der Waals surface area (Å²) in [5, 5.41) is 8.94. The molecule has 0 radical (unpaired) electrons. The minimum Gasteiger partial charge on any atom is -0.513 e. The van der Waals surface area contributed by atoms with Gasteiger partial charge in [0.05, 0.1) is 5.76 Å². The van der Waals surface area contributed by atoms with Crippen molar-refractivity contribution < 1.29 is 5.11 Å². The molecular formula is C12H18O. The molecule has 0 aliphatic carbocycles. The first-order chi connectivity index (χ1) is 6.07. The van der Waals surface area contributed by atoms with Crippen LogP contribution in [0.1, 0.15) is 27.7 Å². The largest absolute Gasteiger partial charge is 0.513 e. The highest BCUT2D eigenvalue weighted by Crippen LogP contribution is 2.08. The highest BCUT2D eigenvalue weighted by molar-refractivity contribution is 5.33. The highest BCUT2D eigenvalue weighted by atomic mass is 16.3. The minimum atomic E-state index is 0.332. The normalized spacial score (nSPS) is 15.5. The van der Waals surface area contributed by atoms with Gasteiger partial charge in [0, 0.05) is 0 Å². The Bertz CT molecular complexity index is 261. The fourth-order valence-corrected chi connectivity index (χ4v) is 0.749. The Morgan fingerprint density at radius 2 is 1.46 bits per heavy atom. The van der Waals surface area contributed by atoms with Crippen LogP contribution in [0.5, 0.6) is 0 Å². The van der Waals surface area contributed by atoms with E-state index in [1.165, 1.54) is 5.57 Å². The maximum atomic E-state index is 8.94. The van der Waals surface area contributed by atoms with Gasteiger partial charge in [-0.25, -0.2) is 0 Å². The van der Waals surface area contributed by atoms with Gasteiger partial charge in [-0.3, -0.25) is 0 Å². The maximum absolute atomic E-state index is 8.94. The Morgan fingerprint density at radius 1 is 0.923 bits per heavy atom. The summed E-state index contributed by atoms with van der Waals surface area (Å²) < 4.78 is 0. The van der Waals surface area contributed by atoms with Crippen LogP contribution >= 0.6 is 0 Å². The van der Waals surface area contributed by atoms with Crippen LogP contribution in [0.4, 0.5) is 0 Å². The quantitative estimate of drug-likeness (QED) is 0.513.